The summed E-state index contributed by atoms with van der Waals surface area (Å²) >= 11 is 0. The molecule has 2 aromatic heterocycles. The van der Waals surface area contributed by atoms with Gasteiger partial charge in [0.05, 0.1) is 18.9 Å². The lowest BCUT2D eigenvalue weighted by Gasteiger charge is -2.28. The highest BCUT2D eigenvalue weighted by atomic mass is 32.2. The molecule has 4 rings (SSSR count). The third kappa shape index (κ3) is 4.93. The fraction of sp³-hybridized carbons (Fsp3) is 0.350. The first kappa shape index (κ1) is 23.0. The molecule has 0 spiro atoms. The molecule has 0 radical (unpaired) electrons. The number of benzene rings is 1. The molecule has 1 aromatic carbocycles. The Morgan fingerprint density at radius 1 is 1.03 bits per heavy atom. The van der Waals surface area contributed by atoms with Gasteiger partial charge >= 0.3 is 21.6 Å². The number of aromatic nitrogens is 4. The largest absolute Gasteiger partial charge is 0.534 e. The average molecular weight is 483 g/mol. The Bertz CT molecular complexity index is 1270. The predicted octanol–water partition coefficient (Wildman–Crippen LogP) is 3.01. The van der Waals surface area contributed by atoms with Crippen LogP contribution in [0.15, 0.2) is 36.4 Å². The van der Waals surface area contributed by atoms with Crippen molar-refractivity contribution in [1.29, 1.82) is 0 Å². The van der Waals surface area contributed by atoms with Crippen LogP contribution in [0.4, 0.5) is 19.0 Å². The number of hydrogen-bond acceptors (Lipinski definition) is 8. The monoisotopic (exact) mass is 483 g/mol. The van der Waals surface area contributed by atoms with Crippen molar-refractivity contribution in [1.82, 2.24) is 19.7 Å². The number of ether oxygens (including phenoxy) is 1. The van der Waals surface area contributed by atoms with Crippen LogP contribution in [-0.4, -0.2) is 60.0 Å². The van der Waals surface area contributed by atoms with Crippen LogP contribution >= 0.6 is 0 Å². The SMILES string of the molecule is Cc1cccc(-c2cc(C)n(-c3cc(N4CCOCC4)nc(OS(=O)(=O)C(F)(F)F)n3)n2)c1. The van der Waals surface area contributed by atoms with E-state index in [4.69, 9.17) is 4.74 Å². The maximum Gasteiger partial charge on any atom is 0.534 e. The smallest absolute Gasteiger partial charge is 0.378 e. The highest BCUT2D eigenvalue weighted by molar-refractivity contribution is 7.87. The Morgan fingerprint density at radius 3 is 2.39 bits per heavy atom. The fourth-order valence-electron chi connectivity index (χ4n) is 3.30. The molecule has 0 aliphatic carbocycles. The summed E-state index contributed by atoms with van der Waals surface area (Å²) in [6.45, 7) is 5.28. The van der Waals surface area contributed by atoms with Gasteiger partial charge in [0.15, 0.2) is 5.82 Å². The lowest BCUT2D eigenvalue weighted by atomic mass is 10.1. The number of rotatable bonds is 5. The van der Waals surface area contributed by atoms with Crippen molar-refractivity contribution in [2.75, 3.05) is 31.2 Å². The molecular weight excluding hydrogens is 463 g/mol. The summed E-state index contributed by atoms with van der Waals surface area (Å²) in [6, 6.07) is 10.00. The van der Waals surface area contributed by atoms with E-state index in [2.05, 4.69) is 19.2 Å². The van der Waals surface area contributed by atoms with Gasteiger partial charge in [-0.2, -0.15) is 36.7 Å². The zero-order valence-electron chi connectivity index (χ0n) is 17.7. The zero-order valence-corrected chi connectivity index (χ0v) is 18.5. The number of alkyl halides is 3. The maximum absolute atomic E-state index is 12.9. The minimum atomic E-state index is -5.95. The van der Waals surface area contributed by atoms with E-state index in [1.54, 1.807) is 17.9 Å². The summed E-state index contributed by atoms with van der Waals surface area (Å²) in [7, 11) is -5.95. The summed E-state index contributed by atoms with van der Waals surface area (Å²) in [5.41, 5.74) is -2.50. The number of nitrogens with zero attached hydrogens (tertiary/aromatic N) is 5. The van der Waals surface area contributed by atoms with E-state index in [1.807, 2.05) is 31.2 Å². The molecule has 0 saturated carbocycles. The quantitative estimate of drug-likeness (QED) is 0.404. The Morgan fingerprint density at radius 2 is 1.73 bits per heavy atom. The Labute approximate surface area is 187 Å². The van der Waals surface area contributed by atoms with E-state index in [-0.39, 0.29) is 11.6 Å². The number of anilines is 1. The Kier molecular flexibility index (Phi) is 6.01. The molecule has 9 nitrogen and oxygen atoms in total. The van der Waals surface area contributed by atoms with Gasteiger partial charge in [0.2, 0.25) is 0 Å². The van der Waals surface area contributed by atoms with Crippen LogP contribution in [0.1, 0.15) is 11.3 Å². The van der Waals surface area contributed by atoms with Crippen molar-refractivity contribution >= 4 is 15.9 Å². The molecular formula is C20H20F3N5O4S. The van der Waals surface area contributed by atoms with Gasteiger partial charge in [-0.05, 0) is 26.0 Å². The predicted molar refractivity (Wildman–Crippen MR) is 113 cm³/mol. The van der Waals surface area contributed by atoms with Gasteiger partial charge < -0.3 is 13.8 Å². The average Bonchev–Trinajstić information content (AvgIpc) is 3.15. The molecule has 33 heavy (non-hydrogen) atoms. The van der Waals surface area contributed by atoms with E-state index in [1.165, 1.54) is 10.7 Å². The van der Waals surface area contributed by atoms with E-state index in [0.29, 0.717) is 37.7 Å². The molecule has 0 amide bonds. The summed E-state index contributed by atoms with van der Waals surface area (Å²) in [5.74, 6) is 0.262. The van der Waals surface area contributed by atoms with E-state index in [9.17, 15) is 21.6 Å². The lowest BCUT2D eigenvalue weighted by Crippen LogP contribution is -2.37. The van der Waals surface area contributed by atoms with Crippen LogP contribution in [0.3, 0.4) is 0 Å². The summed E-state index contributed by atoms with van der Waals surface area (Å²) in [4.78, 5) is 9.56. The van der Waals surface area contributed by atoms with Gasteiger partial charge in [0.25, 0.3) is 0 Å². The second kappa shape index (κ2) is 8.63. The number of aryl methyl sites for hydroxylation is 2. The summed E-state index contributed by atoms with van der Waals surface area (Å²) < 4.78 is 72.7. The van der Waals surface area contributed by atoms with Crippen LogP contribution in [0.25, 0.3) is 17.1 Å². The third-order valence-electron chi connectivity index (χ3n) is 4.90. The number of halogens is 3. The topological polar surface area (TPSA) is 99.4 Å². The van der Waals surface area contributed by atoms with Crippen LogP contribution in [-0.2, 0) is 14.9 Å². The van der Waals surface area contributed by atoms with Crippen LogP contribution in [0.5, 0.6) is 6.01 Å². The van der Waals surface area contributed by atoms with Gasteiger partial charge in [0, 0.05) is 30.4 Å². The minimum Gasteiger partial charge on any atom is -0.378 e. The van der Waals surface area contributed by atoms with Gasteiger partial charge in [0.1, 0.15) is 5.82 Å². The van der Waals surface area contributed by atoms with Crippen LogP contribution in [0, 0.1) is 13.8 Å². The molecule has 176 valence electrons. The van der Waals surface area contributed by atoms with E-state index in [0.717, 1.165) is 11.1 Å². The van der Waals surface area contributed by atoms with Gasteiger partial charge in [-0.15, -0.1) is 0 Å². The van der Waals surface area contributed by atoms with Crippen molar-refractivity contribution in [3.8, 4) is 23.1 Å². The van der Waals surface area contributed by atoms with Crippen LogP contribution < -0.4 is 9.08 Å². The third-order valence-corrected chi connectivity index (χ3v) is 5.84. The first-order valence-corrected chi connectivity index (χ1v) is 11.3. The minimum absolute atomic E-state index is 0.0651. The van der Waals surface area contributed by atoms with Crippen molar-refractivity contribution in [3.05, 3.63) is 47.7 Å². The molecule has 0 atom stereocenters. The van der Waals surface area contributed by atoms with Gasteiger partial charge in [-0.3, -0.25) is 0 Å². The molecule has 0 unspecified atom stereocenters. The molecule has 3 heterocycles. The lowest BCUT2D eigenvalue weighted by molar-refractivity contribution is -0.0502. The Balaban J connectivity index is 1.79. The number of hydrogen-bond donors (Lipinski definition) is 0. The second-order valence-corrected chi connectivity index (χ2v) is 8.94. The maximum atomic E-state index is 12.9. The normalized spacial score (nSPS) is 15.0. The zero-order chi connectivity index (χ0) is 23.8. The van der Waals surface area contributed by atoms with E-state index >= 15 is 0 Å². The van der Waals surface area contributed by atoms with Gasteiger partial charge in [-0.1, -0.05) is 23.8 Å². The molecule has 1 aliphatic rings. The number of morpholine rings is 1. The first-order chi connectivity index (χ1) is 15.5. The van der Waals surface area contributed by atoms with Crippen molar-refractivity contribution < 1.29 is 30.5 Å². The standard InChI is InChI=1S/C20H20F3N5O4S/c1-13-4-3-5-15(10-13)16-11-14(2)28(26-16)18-12-17(27-6-8-31-9-7-27)24-19(25-18)32-33(29,30)20(21,22)23/h3-5,10-12H,6-9H2,1-2H3. The van der Waals surface area contributed by atoms with Crippen molar-refractivity contribution in [3.63, 3.8) is 0 Å². The molecule has 1 saturated heterocycles. The Hall–Kier alpha value is -3.19. The van der Waals surface area contributed by atoms with Crippen molar-refractivity contribution in [2.24, 2.45) is 0 Å². The molecule has 3 aromatic rings. The second-order valence-electron chi connectivity index (χ2n) is 7.40. The molecule has 1 aliphatic heterocycles. The van der Waals surface area contributed by atoms with Crippen molar-refractivity contribution in [2.45, 2.75) is 19.4 Å². The first-order valence-electron chi connectivity index (χ1n) is 9.90. The molecule has 0 N–H and O–H groups in total. The summed E-state index contributed by atoms with van der Waals surface area (Å²) in [6.07, 6.45) is 0. The molecule has 13 heteroatoms. The molecule has 1 fully saturated rings. The van der Waals surface area contributed by atoms with Gasteiger partial charge in [-0.25, -0.2) is 4.68 Å². The highest BCUT2D eigenvalue weighted by Gasteiger charge is 2.49. The fourth-order valence-corrected chi connectivity index (χ4v) is 3.66. The van der Waals surface area contributed by atoms with Crippen LogP contribution in [0.2, 0.25) is 0 Å². The summed E-state index contributed by atoms with van der Waals surface area (Å²) in [5, 5.41) is 4.52. The highest BCUT2D eigenvalue weighted by Crippen LogP contribution is 2.28. The van der Waals surface area contributed by atoms with E-state index < -0.39 is 21.6 Å². The molecule has 0 bridgehead atoms.